The van der Waals surface area contributed by atoms with Gasteiger partial charge in [-0.3, -0.25) is 0 Å². The predicted molar refractivity (Wildman–Crippen MR) is 46.2 cm³/mol. The molecule has 0 amide bonds. The highest BCUT2D eigenvalue weighted by Gasteiger charge is 1.95. The van der Waals surface area contributed by atoms with Crippen LogP contribution in [0.3, 0.4) is 0 Å². The van der Waals surface area contributed by atoms with E-state index in [1.165, 1.54) is 64.2 Å². The predicted octanol–water partition coefficient (Wildman–Crippen LogP) is 3.90. The smallest absolute Gasteiger partial charge is 0.0533 e. The second kappa shape index (κ2) is 5.76. The van der Waals surface area contributed by atoms with Gasteiger partial charge >= 0.3 is 0 Å². The van der Waals surface area contributed by atoms with Crippen LogP contribution in [0.4, 0.5) is 0 Å². The zero-order valence-electron chi connectivity index (χ0n) is 7.07. The quantitative estimate of drug-likeness (QED) is 0.448. The van der Waals surface area contributed by atoms with Gasteiger partial charge in [0.1, 0.15) is 0 Å². The highest BCUT2D eigenvalue weighted by molar-refractivity contribution is 4.51. The third-order valence-electron chi connectivity index (χ3n) is 2.10. The summed E-state index contributed by atoms with van der Waals surface area (Å²) in [4.78, 5) is 0. The van der Waals surface area contributed by atoms with Crippen molar-refractivity contribution in [2.45, 2.75) is 64.2 Å². The van der Waals surface area contributed by atoms with Crippen LogP contribution < -0.4 is 0 Å². The van der Waals surface area contributed by atoms with Gasteiger partial charge in [0.25, 0.3) is 0 Å². The Kier molecular flexibility index (Phi) is 4.67. The number of hydrogen-bond acceptors (Lipinski definition) is 0. The maximum Gasteiger partial charge on any atom is -0.0533 e. The van der Waals surface area contributed by atoms with Crippen molar-refractivity contribution in [3.05, 3.63) is 0 Å². The molecule has 60 valence electrons. The molecule has 2 aliphatic carbocycles. The summed E-state index contributed by atoms with van der Waals surface area (Å²) >= 11 is 0. The van der Waals surface area contributed by atoms with Gasteiger partial charge in [-0.05, 0) is 0 Å². The Balaban J connectivity index is 0.000000138. The van der Waals surface area contributed by atoms with Gasteiger partial charge in [0, 0.05) is 0 Å². The van der Waals surface area contributed by atoms with Crippen LogP contribution in [0.15, 0.2) is 0 Å². The van der Waals surface area contributed by atoms with E-state index < -0.39 is 0 Å². The monoisotopic (exact) mass is 140 g/mol. The molecule has 0 saturated heterocycles. The summed E-state index contributed by atoms with van der Waals surface area (Å²) in [6.45, 7) is 0. The molecule has 0 bridgehead atoms. The minimum Gasteiger partial charge on any atom is -0.0533 e. The standard InChI is InChI=1S/C7H14.C3H6/c1-2-4-6-7-5-3-1;1-2-3-1/h1-7H2;1-3H2. The molecule has 0 spiro atoms. The Bertz CT molecular complexity index is 42.0. The second-order valence-corrected chi connectivity index (χ2v) is 3.54. The van der Waals surface area contributed by atoms with Crippen LogP contribution in [0.5, 0.6) is 0 Å². The molecule has 0 radical (unpaired) electrons. The molecule has 0 heterocycles. The SMILES string of the molecule is C1CC1.C1CCCCCC1. The zero-order valence-corrected chi connectivity index (χ0v) is 7.07. The minimum atomic E-state index is 1.50. The van der Waals surface area contributed by atoms with E-state index in [4.69, 9.17) is 0 Å². The van der Waals surface area contributed by atoms with Gasteiger partial charge < -0.3 is 0 Å². The Morgan fingerprint density at radius 2 is 0.300 bits per heavy atom. The maximum absolute atomic E-state index is 1.50. The van der Waals surface area contributed by atoms with Crippen molar-refractivity contribution in [1.82, 2.24) is 0 Å². The van der Waals surface area contributed by atoms with Crippen LogP contribution >= 0.6 is 0 Å². The summed E-state index contributed by atoms with van der Waals surface area (Å²) in [6.07, 6.45) is 15.0. The molecule has 0 aromatic heterocycles. The van der Waals surface area contributed by atoms with Crippen molar-refractivity contribution in [2.24, 2.45) is 0 Å². The van der Waals surface area contributed by atoms with Gasteiger partial charge in [-0.25, -0.2) is 0 Å². The summed E-state index contributed by atoms with van der Waals surface area (Å²) in [5.74, 6) is 0. The van der Waals surface area contributed by atoms with Gasteiger partial charge in [-0.1, -0.05) is 64.2 Å². The molecule has 0 aliphatic heterocycles. The Labute approximate surface area is 65.0 Å². The number of hydrogen-bond donors (Lipinski definition) is 0. The minimum absolute atomic E-state index is 1.50. The highest BCUT2D eigenvalue weighted by atomic mass is 14.0. The van der Waals surface area contributed by atoms with E-state index >= 15 is 0 Å². The van der Waals surface area contributed by atoms with Crippen LogP contribution in [0.2, 0.25) is 0 Å². The molecular weight excluding hydrogens is 120 g/mol. The summed E-state index contributed by atoms with van der Waals surface area (Å²) in [5, 5.41) is 0. The third kappa shape index (κ3) is 6.12. The van der Waals surface area contributed by atoms with E-state index in [-0.39, 0.29) is 0 Å². The fraction of sp³-hybridized carbons (Fsp3) is 1.00. The second-order valence-electron chi connectivity index (χ2n) is 3.54. The van der Waals surface area contributed by atoms with Gasteiger partial charge in [0.05, 0.1) is 0 Å². The fourth-order valence-electron chi connectivity index (χ4n) is 1.24. The largest absolute Gasteiger partial charge is 0.0533 e. The molecule has 0 aromatic rings. The third-order valence-corrected chi connectivity index (χ3v) is 2.10. The lowest BCUT2D eigenvalue weighted by molar-refractivity contribution is 0.702. The lowest BCUT2D eigenvalue weighted by Gasteiger charge is -1.85. The molecule has 10 heavy (non-hydrogen) atoms. The van der Waals surface area contributed by atoms with Crippen molar-refractivity contribution >= 4 is 0 Å². The Morgan fingerprint density at radius 3 is 0.400 bits per heavy atom. The highest BCUT2D eigenvalue weighted by Crippen LogP contribution is 2.15. The summed E-state index contributed by atoms with van der Waals surface area (Å²) in [5.41, 5.74) is 0. The molecule has 0 unspecified atom stereocenters. The van der Waals surface area contributed by atoms with Crippen LogP contribution in [0, 0.1) is 0 Å². The lowest BCUT2D eigenvalue weighted by atomic mass is 10.2. The van der Waals surface area contributed by atoms with Crippen molar-refractivity contribution < 1.29 is 0 Å². The normalized spacial score (nSPS) is 24.0. The van der Waals surface area contributed by atoms with Crippen LogP contribution in [-0.4, -0.2) is 0 Å². The van der Waals surface area contributed by atoms with Crippen LogP contribution in [0.25, 0.3) is 0 Å². The van der Waals surface area contributed by atoms with E-state index in [0.29, 0.717) is 0 Å². The molecule has 0 heteroatoms. The maximum atomic E-state index is 1.50. The molecule has 0 aromatic carbocycles. The molecule has 0 N–H and O–H groups in total. The summed E-state index contributed by atoms with van der Waals surface area (Å²) in [6, 6.07) is 0. The first-order chi connectivity index (χ1) is 5.00. The number of rotatable bonds is 0. The molecule has 2 aliphatic rings. The molecule has 2 fully saturated rings. The van der Waals surface area contributed by atoms with E-state index in [0.717, 1.165) is 0 Å². The summed E-state index contributed by atoms with van der Waals surface area (Å²) < 4.78 is 0. The zero-order chi connectivity index (χ0) is 7.07. The Morgan fingerprint density at radius 1 is 0.200 bits per heavy atom. The molecule has 2 saturated carbocycles. The molecular formula is C10H20. The van der Waals surface area contributed by atoms with E-state index in [1.54, 1.807) is 0 Å². The van der Waals surface area contributed by atoms with Gasteiger partial charge in [0.15, 0.2) is 0 Å². The molecule has 2 rings (SSSR count). The molecule has 0 nitrogen and oxygen atoms in total. The van der Waals surface area contributed by atoms with Crippen molar-refractivity contribution in [3.8, 4) is 0 Å². The lowest BCUT2D eigenvalue weighted by Crippen LogP contribution is -1.66. The van der Waals surface area contributed by atoms with Crippen molar-refractivity contribution in [3.63, 3.8) is 0 Å². The first-order valence-corrected chi connectivity index (χ1v) is 5.00. The first-order valence-electron chi connectivity index (χ1n) is 5.00. The van der Waals surface area contributed by atoms with Gasteiger partial charge in [-0.15, -0.1) is 0 Å². The fourth-order valence-corrected chi connectivity index (χ4v) is 1.24. The van der Waals surface area contributed by atoms with Crippen LogP contribution in [-0.2, 0) is 0 Å². The Hall–Kier alpha value is 0. The summed E-state index contributed by atoms with van der Waals surface area (Å²) in [7, 11) is 0. The van der Waals surface area contributed by atoms with E-state index in [2.05, 4.69) is 0 Å². The average molecular weight is 140 g/mol. The van der Waals surface area contributed by atoms with E-state index in [1.807, 2.05) is 0 Å². The van der Waals surface area contributed by atoms with Gasteiger partial charge in [-0.2, -0.15) is 0 Å². The average Bonchev–Trinajstić information content (AvgIpc) is 2.82. The van der Waals surface area contributed by atoms with Crippen molar-refractivity contribution in [1.29, 1.82) is 0 Å². The van der Waals surface area contributed by atoms with E-state index in [9.17, 15) is 0 Å². The first kappa shape index (κ1) is 8.10. The van der Waals surface area contributed by atoms with Crippen molar-refractivity contribution in [2.75, 3.05) is 0 Å². The molecule has 0 atom stereocenters. The van der Waals surface area contributed by atoms with Crippen LogP contribution in [0.1, 0.15) is 64.2 Å². The topological polar surface area (TPSA) is 0 Å². The van der Waals surface area contributed by atoms with Gasteiger partial charge in [0.2, 0.25) is 0 Å².